The van der Waals surface area contributed by atoms with Crippen LogP contribution in [-0.4, -0.2) is 5.78 Å². The van der Waals surface area contributed by atoms with Gasteiger partial charge >= 0.3 is 0 Å². The van der Waals surface area contributed by atoms with Crippen LogP contribution < -0.4 is 0 Å². The SMILES string of the molecule is C=CC(C)(C(C)=O)C1=Cc2ccccc2CC1. The van der Waals surface area contributed by atoms with E-state index >= 15 is 0 Å². The Labute approximate surface area is 103 Å². The molecule has 0 aliphatic heterocycles. The van der Waals surface area contributed by atoms with Crippen LogP contribution in [0.5, 0.6) is 0 Å². The first kappa shape index (κ1) is 11.8. The minimum atomic E-state index is -0.506. The third kappa shape index (κ3) is 1.97. The van der Waals surface area contributed by atoms with Gasteiger partial charge in [-0.15, -0.1) is 6.58 Å². The van der Waals surface area contributed by atoms with Crippen LogP contribution in [0, 0.1) is 5.41 Å². The molecule has 0 radical (unpaired) electrons. The minimum absolute atomic E-state index is 0.165. The highest BCUT2D eigenvalue weighted by atomic mass is 16.1. The summed E-state index contributed by atoms with van der Waals surface area (Å²) in [5, 5.41) is 0. The highest BCUT2D eigenvalue weighted by molar-refractivity contribution is 5.89. The molecule has 0 saturated heterocycles. The molecule has 0 bridgehead atoms. The van der Waals surface area contributed by atoms with Crippen molar-refractivity contribution >= 4 is 11.9 Å². The molecule has 0 fully saturated rings. The first-order chi connectivity index (χ1) is 8.08. The molecular formula is C16H18O. The average Bonchev–Trinajstić information content (AvgIpc) is 2.37. The molecule has 0 saturated carbocycles. The zero-order valence-electron chi connectivity index (χ0n) is 10.5. The summed E-state index contributed by atoms with van der Waals surface area (Å²) in [5.41, 5.74) is 3.28. The van der Waals surface area contributed by atoms with Gasteiger partial charge in [-0.05, 0) is 37.8 Å². The highest BCUT2D eigenvalue weighted by Gasteiger charge is 2.31. The molecule has 0 spiro atoms. The third-order valence-electron chi connectivity index (χ3n) is 3.86. The van der Waals surface area contributed by atoms with Crippen LogP contribution >= 0.6 is 0 Å². The van der Waals surface area contributed by atoms with E-state index in [1.807, 2.05) is 13.0 Å². The Hall–Kier alpha value is -1.63. The van der Waals surface area contributed by atoms with E-state index in [0.29, 0.717) is 0 Å². The molecule has 1 aliphatic carbocycles. The Morgan fingerprint density at radius 3 is 2.71 bits per heavy atom. The van der Waals surface area contributed by atoms with Crippen LogP contribution in [0.2, 0.25) is 0 Å². The van der Waals surface area contributed by atoms with Crippen molar-refractivity contribution in [1.82, 2.24) is 0 Å². The third-order valence-corrected chi connectivity index (χ3v) is 3.86. The van der Waals surface area contributed by atoms with Gasteiger partial charge in [0.05, 0.1) is 5.41 Å². The Kier molecular flexibility index (Phi) is 3.01. The van der Waals surface area contributed by atoms with Crippen molar-refractivity contribution in [3.05, 3.63) is 53.6 Å². The van der Waals surface area contributed by atoms with Crippen molar-refractivity contribution in [3.63, 3.8) is 0 Å². The zero-order chi connectivity index (χ0) is 12.5. The first-order valence-electron chi connectivity index (χ1n) is 6.01. The first-order valence-corrected chi connectivity index (χ1v) is 6.01. The standard InChI is InChI=1S/C16H18O/c1-4-16(3,12(2)17)15-10-9-13-7-5-6-8-14(13)11-15/h4-8,11H,1,9-10H2,2-3H3. The van der Waals surface area contributed by atoms with Gasteiger partial charge in [0.1, 0.15) is 5.78 Å². The number of carbonyl (C=O) groups excluding carboxylic acids is 1. The number of hydrogen-bond acceptors (Lipinski definition) is 1. The fraction of sp³-hybridized carbons (Fsp3) is 0.312. The van der Waals surface area contributed by atoms with Crippen molar-refractivity contribution < 1.29 is 4.79 Å². The largest absolute Gasteiger partial charge is 0.299 e. The molecule has 0 N–H and O–H groups in total. The van der Waals surface area contributed by atoms with E-state index in [1.54, 1.807) is 13.0 Å². The molecule has 1 aromatic carbocycles. The number of benzene rings is 1. The van der Waals surface area contributed by atoms with Gasteiger partial charge in [0.25, 0.3) is 0 Å². The van der Waals surface area contributed by atoms with Gasteiger partial charge < -0.3 is 0 Å². The topological polar surface area (TPSA) is 17.1 Å². The lowest BCUT2D eigenvalue weighted by atomic mass is 9.73. The van der Waals surface area contributed by atoms with Crippen LogP contribution in [0.25, 0.3) is 6.08 Å². The second kappa shape index (κ2) is 4.33. The van der Waals surface area contributed by atoms with Gasteiger partial charge in [-0.2, -0.15) is 0 Å². The second-order valence-electron chi connectivity index (χ2n) is 4.83. The number of allylic oxidation sites excluding steroid dienone is 2. The molecule has 1 aromatic rings. The molecule has 1 heteroatoms. The van der Waals surface area contributed by atoms with E-state index < -0.39 is 5.41 Å². The Morgan fingerprint density at radius 2 is 2.06 bits per heavy atom. The minimum Gasteiger partial charge on any atom is -0.299 e. The molecule has 88 valence electrons. The second-order valence-corrected chi connectivity index (χ2v) is 4.83. The quantitative estimate of drug-likeness (QED) is 0.716. The van der Waals surface area contributed by atoms with Gasteiger partial charge in [-0.3, -0.25) is 4.79 Å². The molecule has 0 heterocycles. The highest BCUT2D eigenvalue weighted by Crippen LogP contribution is 2.37. The summed E-state index contributed by atoms with van der Waals surface area (Å²) in [6.45, 7) is 7.43. The van der Waals surface area contributed by atoms with E-state index in [4.69, 9.17) is 0 Å². The van der Waals surface area contributed by atoms with Gasteiger partial charge in [0, 0.05) is 0 Å². The van der Waals surface area contributed by atoms with Crippen LogP contribution in [0.4, 0.5) is 0 Å². The maximum Gasteiger partial charge on any atom is 0.143 e. The number of rotatable bonds is 3. The molecule has 0 aromatic heterocycles. The monoisotopic (exact) mass is 226 g/mol. The lowest BCUT2D eigenvalue weighted by Gasteiger charge is -2.29. The van der Waals surface area contributed by atoms with Crippen molar-refractivity contribution in [2.75, 3.05) is 0 Å². The van der Waals surface area contributed by atoms with Crippen LogP contribution in [0.1, 0.15) is 31.4 Å². The summed E-state index contributed by atoms with van der Waals surface area (Å²) in [7, 11) is 0. The molecular weight excluding hydrogens is 208 g/mol. The summed E-state index contributed by atoms with van der Waals surface area (Å²) in [6.07, 6.45) is 5.88. The number of hydrogen-bond donors (Lipinski definition) is 0. The number of ketones is 1. The summed E-state index contributed by atoms with van der Waals surface area (Å²) >= 11 is 0. The fourth-order valence-electron chi connectivity index (χ4n) is 2.34. The van der Waals surface area contributed by atoms with Crippen LogP contribution in [0.3, 0.4) is 0 Å². The lowest BCUT2D eigenvalue weighted by molar-refractivity contribution is -0.122. The summed E-state index contributed by atoms with van der Waals surface area (Å²) < 4.78 is 0. The number of Topliss-reactive ketones (excluding diaryl/α,β-unsaturated/α-hetero) is 1. The zero-order valence-corrected chi connectivity index (χ0v) is 10.5. The van der Waals surface area contributed by atoms with Crippen molar-refractivity contribution in [1.29, 1.82) is 0 Å². The Balaban J connectivity index is 2.47. The Bertz CT molecular complexity index is 496. The van der Waals surface area contributed by atoms with Gasteiger partial charge in [-0.25, -0.2) is 0 Å². The fourth-order valence-corrected chi connectivity index (χ4v) is 2.34. The van der Waals surface area contributed by atoms with Crippen LogP contribution in [0.15, 0.2) is 42.5 Å². The predicted octanol–water partition coefficient (Wildman–Crippen LogP) is 3.80. The molecule has 0 amide bonds. The molecule has 17 heavy (non-hydrogen) atoms. The molecule has 1 aliphatic rings. The van der Waals surface area contributed by atoms with Gasteiger partial charge in [0.15, 0.2) is 0 Å². The van der Waals surface area contributed by atoms with E-state index in [2.05, 4.69) is 30.9 Å². The number of fused-ring (bicyclic) bond motifs is 1. The van der Waals surface area contributed by atoms with Crippen molar-refractivity contribution in [2.45, 2.75) is 26.7 Å². The van der Waals surface area contributed by atoms with Crippen LogP contribution in [-0.2, 0) is 11.2 Å². The molecule has 1 nitrogen and oxygen atoms in total. The van der Waals surface area contributed by atoms with E-state index in [9.17, 15) is 4.79 Å². The molecule has 2 rings (SSSR count). The maximum absolute atomic E-state index is 11.8. The van der Waals surface area contributed by atoms with Crippen molar-refractivity contribution in [3.8, 4) is 0 Å². The van der Waals surface area contributed by atoms with Gasteiger partial charge in [-0.1, -0.05) is 42.0 Å². The summed E-state index contributed by atoms with van der Waals surface area (Å²) in [6, 6.07) is 8.37. The predicted molar refractivity (Wildman–Crippen MR) is 71.7 cm³/mol. The maximum atomic E-state index is 11.8. The van der Waals surface area contributed by atoms with Gasteiger partial charge in [0.2, 0.25) is 0 Å². The smallest absolute Gasteiger partial charge is 0.143 e. The van der Waals surface area contributed by atoms with Crippen molar-refractivity contribution in [2.24, 2.45) is 5.41 Å². The normalized spacial score (nSPS) is 17.6. The number of carbonyl (C=O) groups is 1. The molecule has 1 atom stereocenters. The lowest BCUT2D eigenvalue weighted by Crippen LogP contribution is -2.26. The molecule has 1 unspecified atom stereocenters. The Morgan fingerprint density at radius 1 is 1.35 bits per heavy atom. The average molecular weight is 226 g/mol. The van der Waals surface area contributed by atoms with E-state index in [1.165, 1.54) is 16.7 Å². The summed E-state index contributed by atoms with van der Waals surface area (Å²) in [4.78, 5) is 11.8. The van der Waals surface area contributed by atoms with E-state index in [-0.39, 0.29) is 5.78 Å². The summed E-state index contributed by atoms with van der Waals surface area (Å²) in [5.74, 6) is 0.165. The number of aryl methyl sites for hydroxylation is 1. The van der Waals surface area contributed by atoms with E-state index in [0.717, 1.165) is 12.8 Å².